The van der Waals surface area contributed by atoms with Crippen molar-refractivity contribution in [3.8, 4) is 0 Å². The van der Waals surface area contributed by atoms with E-state index in [0.29, 0.717) is 38.5 Å². The number of hydrogen-bond donors (Lipinski definition) is 0. The molecule has 0 N–H and O–H groups in total. The summed E-state index contributed by atoms with van der Waals surface area (Å²) in [7, 11) is -3.19. The maximum absolute atomic E-state index is 12.9. The highest BCUT2D eigenvalue weighted by molar-refractivity contribution is 7.89. The van der Waals surface area contributed by atoms with Gasteiger partial charge < -0.3 is 4.90 Å². The van der Waals surface area contributed by atoms with Gasteiger partial charge in [-0.3, -0.25) is 4.79 Å². The fourth-order valence-electron chi connectivity index (χ4n) is 2.96. The van der Waals surface area contributed by atoms with Gasteiger partial charge in [-0.05, 0) is 43.4 Å². The second kappa shape index (κ2) is 7.66. The lowest BCUT2D eigenvalue weighted by Crippen LogP contribution is -2.38. The van der Waals surface area contributed by atoms with Crippen LogP contribution in [0.2, 0.25) is 0 Å². The Hall–Kier alpha value is -1.40. The first-order chi connectivity index (χ1) is 11.3. The first-order valence-corrected chi connectivity index (χ1v) is 10.2. The smallest absolute Gasteiger partial charge is 0.254 e. The van der Waals surface area contributed by atoms with Crippen molar-refractivity contribution in [1.29, 1.82) is 0 Å². The van der Waals surface area contributed by atoms with Crippen molar-refractivity contribution in [2.45, 2.75) is 40.0 Å². The molecular formula is C18H28N2O3S. The highest BCUT2D eigenvalue weighted by Gasteiger charge is 2.26. The van der Waals surface area contributed by atoms with E-state index in [0.717, 1.165) is 16.7 Å². The minimum Gasteiger partial charge on any atom is -0.337 e. The maximum atomic E-state index is 12.9. The van der Waals surface area contributed by atoms with Gasteiger partial charge in [0, 0.05) is 31.7 Å². The van der Waals surface area contributed by atoms with E-state index >= 15 is 0 Å². The minimum atomic E-state index is -3.19. The number of nitrogens with zero attached hydrogens (tertiary/aromatic N) is 2. The predicted octanol–water partition coefficient (Wildman–Crippen LogP) is 2.62. The number of aryl methyl sites for hydroxylation is 1. The molecule has 0 atom stereocenters. The summed E-state index contributed by atoms with van der Waals surface area (Å²) in [5.41, 5.74) is 2.84. The standard InChI is InChI=1S/C18H28N2O3S/c1-5-24(22,23)20-10-6-9-19(11-12-20)18(21)17-13-16(14(2)3)8-7-15(17)4/h7-8,13-14H,5-6,9-12H2,1-4H3. The molecule has 0 bridgehead atoms. The summed E-state index contributed by atoms with van der Waals surface area (Å²) in [6, 6.07) is 6.04. The average Bonchev–Trinajstić information content (AvgIpc) is 2.81. The van der Waals surface area contributed by atoms with Crippen LogP contribution in [0.15, 0.2) is 18.2 Å². The highest BCUT2D eigenvalue weighted by atomic mass is 32.2. The fourth-order valence-corrected chi connectivity index (χ4v) is 4.09. The van der Waals surface area contributed by atoms with Crippen LogP contribution in [0, 0.1) is 6.92 Å². The van der Waals surface area contributed by atoms with Crippen molar-refractivity contribution < 1.29 is 13.2 Å². The monoisotopic (exact) mass is 352 g/mol. The molecule has 5 nitrogen and oxygen atoms in total. The van der Waals surface area contributed by atoms with E-state index in [1.165, 1.54) is 4.31 Å². The van der Waals surface area contributed by atoms with Gasteiger partial charge in [-0.2, -0.15) is 0 Å². The van der Waals surface area contributed by atoms with Crippen LogP contribution in [-0.2, 0) is 10.0 Å². The molecule has 24 heavy (non-hydrogen) atoms. The van der Waals surface area contributed by atoms with E-state index < -0.39 is 10.0 Å². The van der Waals surface area contributed by atoms with Crippen molar-refractivity contribution in [1.82, 2.24) is 9.21 Å². The number of carbonyl (C=O) groups is 1. The summed E-state index contributed by atoms with van der Waals surface area (Å²) >= 11 is 0. The Morgan fingerprint density at radius 2 is 1.88 bits per heavy atom. The average molecular weight is 353 g/mol. The second-order valence-electron chi connectivity index (χ2n) is 6.67. The topological polar surface area (TPSA) is 57.7 Å². The summed E-state index contributed by atoms with van der Waals surface area (Å²) in [6.45, 7) is 9.74. The largest absolute Gasteiger partial charge is 0.337 e. The Bertz CT molecular complexity index is 698. The molecule has 0 radical (unpaired) electrons. The molecule has 6 heteroatoms. The Morgan fingerprint density at radius 1 is 1.17 bits per heavy atom. The molecular weight excluding hydrogens is 324 g/mol. The normalized spacial score (nSPS) is 17.1. The fraction of sp³-hybridized carbons (Fsp3) is 0.611. The lowest BCUT2D eigenvalue weighted by Gasteiger charge is -2.23. The molecule has 1 fully saturated rings. The molecule has 1 aliphatic rings. The van der Waals surface area contributed by atoms with Gasteiger partial charge in [0.05, 0.1) is 5.75 Å². The van der Waals surface area contributed by atoms with E-state index in [2.05, 4.69) is 19.9 Å². The summed E-state index contributed by atoms with van der Waals surface area (Å²) in [6.07, 6.45) is 0.674. The second-order valence-corrected chi connectivity index (χ2v) is 8.93. The number of benzene rings is 1. The van der Waals surface area contributed by atoms with E-state index in [1.54, 1.807) is 11.8 Å². The molecule has 1 aliphatic heterocycles. The zero-order valence-corrected chi connectivity index (χ0v) is 15.9. The number of sulfonamides is 1. The molecule has 1 heterocycles. The third-order valence-corrected chi connectivity index (χ3v) is 6.54. The van der Waals surface area contributed by atoms with Gasteiger partial charge in [-0.15, -0.1) is 0 Å². The van der Waals surface area contributed by atoms with Crippen molar-refractivity contribution in [3.05, 3.63) is 34.9 Å². The molecule has 1 aromatic carbocycles. The van der Waals surface area contributed by atoms with E-state index in [1.807, 2.05) is 19.1 Å². The molecule has 0 saturated carbocycles. The Morgan fingerprint density at radius 3 is 2.50 bits per heavy atom. The van der Waals surface area contributed by atoms with Crippen LogP contribution in [0.5, 0.6) is 0 Å². The predicted molar refractivity (Wildman–Crippen MR) is 96.8 cm³/mol. The van der Waals surface area contributed by atoms with Crippen molar-refractivity contribution >= 4 is 15.9 Å². The van der Waals surface area contributed by atoms with Gasteiger partial charge >= 0.3 is 0 Å². The zero-order valence-electron chi connectivity index (χ0n) is 15.1. The molecule has 1 amide bonds. The third kappa shape index (κ3) is 4.16. The minimum absolute atomic E-state index is 0.00532. The van der Waals surface area contributed by atoms with E-state index in [-0.39, 0.29) is 11.7 Å². The number of hydrogen-bond acceptors (Lipinski definition) is 3. The van der Waals surface area contributed by atoms with Crippen LogP contribution in [0.4, 0.5) is 0 Å². The lowest BCUT2D eigenvalue weighted by atomic mass is 9.97. The van der Waals surface area contributed by atoms with Crippen molar-refractivity contribution in [2.24, 2.45) is 0 Å². The lowest BCUT2D eigenvalue weighted by molar-refractivity contribution is 0.0763. The van der Waals surface area contributed by atoms with Crippen LogP contribution >= 0.6 is 0 Å². The van der Waals surface area contributed by atoms with Gasteiger partial charge in [-0.25, -0.2) is 12.7 Å². The van der Waals surface area contributed by atoms with Crippen LogP contribution in [0.3, 0.4) is 0 Å². The maximum Gasteiger partial charge on any atom is 0.254 e. The van der Waals surface area contributed by atoms with Crippen LogP contribution in [0.25, 0.3) is 0 Å². The third-order valence-electron chi connectivity index (χ3n) is 4.66. The van der Waals surface area contributed by atoms with Gasteiger partial charge in [0.2, 0.25) is 10.0 Å². The summed E-state index contributed by atoms with van der Waals surface area (Å²) in [5.74, 6) is 0.480. The molecule has 1 aromatic rings. The first kappa shape index (κ1) is 18.9. The molecule has 134 valence electrons. The van der Waals surface area contributed by atoms with E-state index in [4.69, 9.17) is 0 Å². The first-order valence-electron chi connectivity index (χ1n) is 8.64. The number of rotatable bonds is 4. The molecule has 0 aromatic heterocycles. The Kier molecular flexibility index (Phi) is 6.04. The molecule has 2 rings (SSSR count). The molecule has 0 aliphatic carbocycles. The molecule has 0 unspecified atom stereocenters. The number of carbonyl (C=O) groups excluding carboxylic acids is 1. The number of amides is 1. The zero-order chi connectivity index (χ0) is 17.9. The van der Waals surface area contributed by atoms with Crippen LogP contribution in [0.1, 0.15) is 54.6 Å². The SMILES string of the molecule is CCS(=O)(=O)N1CCCN(C(=O)c2cc(C(C)C)ccc2C)CC1. The highest BCUT2D eigenvalue weighted by Crippen LogP contribution is 2.21. The summed E-state index contributed by atoms with van der Waals surface area (Å²) < 4.78 is 25.6. The van der Waals surface area contributed by atoms with Gasteiger partial charge in [0.1, 0.15) is 0 Å². The van der Waals surface area contributed by atoms with Crippen molar-refractivity contribution in [3.63, 3.8) is 0 Å². The molecule has 0 spiro atoms. The quantitative estimate of drug-likeness (QED) is 0.837. The van der Waals surface area contributed by atoms with Crippen LogP contribution < -0.4 is 0 Å². The van der Waals surface area contributed by atoms with Gasteiger partial charge in [0.15, 0.2) is 0 Å². The Labute approximate surface area is 145 Å². The van der Waals surface area contributed by atoms with Gasteiger partial charge in [0.25, 0.3) is 5.91 Å². The van der Waals surface area contributed by atoms with Crippen molar-refractivity contribution in [2.75, 3.05) is 31.9 Å². The molecule has 1 saturated heterocycles. The summed E-state index contributed by atoms with van der Waals surface area (Å²) in [4.78, 5) is 14.7. The Balaban J connectivity index is 2.18. The summed E-state index contributed by atoms with van der Waals surface area (Å²) in [5, 5.41) is 0. The van der Waals surface area contributed by atoms with Gasteiger partial charge in [-0.1, -0.05) is 26.0 Å². The van der Waals surface area contributed by atoms with E-state index in [9.17, 15) is 13.2 Å². The van der Waals surface area contributed by atoms with Crippen LogP contribution in [-0.4, -0.2) is 55.5 Å².